The Morgan fingerprint density at radius 1 is 1.30 bits per heavy atom. The lowest BCUT2D eigenvalue weighted by Gasteiger charge is -2.37. The van der Waals surface area contributed by atoms with Crippen molar-refractivity contribution >= 4 is 17.7 Å². The van der Waals surface area contributed by atoms with Gasteiger partial charge in [-0.3, -0.25) is 9.48 Å². The molecular formula is C20H26N4O3. The lowest BCUT2D eigenvalue weighted by molar-refractivity contribution is 0.0858. The van der Waals surface area contributed by atoms with E-state index >= 15 is 0 Å². The quantitative estimate of drug-likeness (QED) is 0.757. The minimum absolute atomic E-state index is 0.0555. The Kier molecular flexibility index (Phi) is 5.78. The van der Waals surface area contributed by atoms with E-state index in [1.54, 1.807) is 15.6 Å². The van der Waals surface area contributed by atoms with Crippen molar-refractivity contribution < 1.29 is 14.3 Å². The molecule has 1 aliphatic rings. The van der Waals surface area contributed by atoms with E-state index in [0.29, 0.717) is 18.8 Å². The van der Waals surface area contributed by atoms with E-state index in [9.17, 15) is 9.59 Å². The zero-order chi connectivity index (χ0) is 19.4. The van der Waals surface area contributed by atoms with Crippen molar-refractivity contribution in [3.63, 3.8) is 0 Å². The minimum atomic E-state index is -0.286. The largest absolute Gasteiger partial charge is 0.445 e. The molecule has 1 aromatic heterocycles. The van der Waals surface area contributed by atoms with E-state index in [1.165, 1.54) is 6.92 Å². The van der Waals surface area contributed by atoms with Crippen LogP contribution >= 0.6 is 0 Å². The van der Waals surface area contributed by atoms with Crippen molar-refractivity contribution in [3.8, 4) is 0 Å². The number of aromatic nitrogens is 2. The molecule has 27 heavy (non-hydrogen) atoms. The fourth-order valence-corrected chi connectivity index (χ4v) is 3.39. The number of anilines is 1. The molecule has 1 saturated heterocycles. The molecule has 2 aromatic rings. The van der Waals surface area contributed by atoms with E-state index in [1.807, 2.05) is 44.4 Å². The SMILES string of the molecule is CC(=O)c1cc(N(C)[C@H]2CCCN(C(=O)OCc3ccccc3)C2)n(C)n1. The van der Waals surface area contributed by atoms with E-state index in [-0.39, 0.29) is 24.5 Å². The number of aryl methyl sites for hydroxylation is 1. The molecule has 1 aromatic carbocycles. The van der Waals surface area contributed by atoms with Crippen molar-refractivity contribution in [3.05, 3.63) is 47.7 Å². The van der Waals surface area contributed by atoms with Crippen LogP contribution in [0, 0.1) is 0 Å². The Morgan fingerprint density at radius 3 is 2.70 bits per heavy atom. The Labute approximate surface area is 159 Å². The highest BCUT2D eigenvalue weighted by molar-refractivity contribution is 5.92. The number of ketones is 1. The summed E-state index contributed by atoms with van der Waals surface area (Å²) in [5.74, 6) is 0.810. The molecule has 1 fully saturated rings. The van der Waals surface area contributed by atoms with Crippen LogP contribution in [0.2, 0.25) is 0 Å². The van der Waals surface area contributed by atoms with Gasteiger partial charge in [-0.1, -0.05) is 30.3 Å². The summed E-state index contributed by atoms with van der Waals surface area (Å²) < 4.78 is 7.18. The number of hydrogen-bond acceptors (Lipinski definition) is 5. The molecule has 0 bridgehead atoms. The number of likely N-dealkylation sites (tertiary alicyclic amines) is 1. The topological polar surface area (TPSA) is 67.7 Å². The molecule has 1 atom stereocenters. The molecule has 3 rings (SSSR count). The number of carbonyl (C=O) groups excluding carboxylic acids is 2. The highest BCUT2D eigenvalue weighted by atomic mass is 16.6. The molecule has 0 aliphatic carbocycles. The highest BCUT2D eigenvalue weighted by Gasteiger charge is 2.28. The molecule has 2 heterocycles. The molecule has 144 valence electrons. The lowest BCUT2D eigenvalue weighted by Crippen LogP contribution is -2.49. The number of amides is 1. The average molecular weight is 370 g/mol. The maximum Gasteiger partial charge on any atom is 0.410 e. The first kappa shape index (κ1) is 18.9. The van der Waals surface area contributed by atoms with E-state index in [2.05, 4.69) is 10.00 Å². The molecule has 0 unspecified atom stereocenters. The van der Waals surface area contributed by atoms with Gasteiger partial charge < -0.3 is 14.5 Å². The van der Waals surface area contributed by atoms with Crippen LogP contribution < -0.4 is 4.90 Å². The number of ether oxygens (including phenoxy) is 1. The summed E-state index contributed by atoms with van der Waals surface area (Å²) in [6.45, 7) is 3.07. The van der Waals surface area contributed by atoms with Gasteiger partial charge in [-0.15, -0.1) is 0 Å². The number of likely N-dealkylation sites (N-methyl/N-ethyl adjacent to an activating group) is 1. The van der Waals surface area contributed by atoms with Crippen LogP contribution in [0.3, 0.4) is 0 Å². The number of benzene rings is 1. The van der Waals surface area contributed by atoms with Crippen LogP contribution in [0.25, 0.3) is 0 Å². The number of nitrogens with zero attached hydrogens (tertiary/aromatic N) is 4. The normalized spacial score (nSPS) is 16.9. The van der Waals surface area contributed by atoms with Gasteiger partial charge >= 0.3 is 6.09 Å². The number of carbonyl (C=O) groups is 2. The van der Waals surface area contributed by atoms with Crippen molar-refractivity contribution in [2.75, 3.05) is 25.0 Å². The fourth-order valence-electron chi connectivity index (χ4n) is 3.39. The Hall–Kier alpha value is -2.83. The Balaban J connectivity index is 1.61. The number of rotatable bonds is 5. The highest BCUT2D eigenvalue weighted by Crippen LogP contribution is 2.23. The molecule has 7 nitrogen and oxygen atoms in total. The lowest BCUT2D eigenvalue weighted by atomic mass is 10.0. The second-order valence-corrected chi connectivity index (χ2v) is 6.96. The molecule has 1 aliphatic heterocycles. The van der Waals surface area contributed by atoms with Gasteiger partial charge in [0.1, 0.15) is 18.1 Å². The van der Waals surface area contributed by atoms with Gasteiger partial charge in [0, 0.05) is 46.2 Å². The van der Waals surface area contributed by atoms with Crippen LogP contribution in [-0.4, -0.2) is 52.7 Å². The van der Waals surface area contributed by atoms with Crippen molar-refractivity contribution in [1.82, 2.24) is 14.7 Å². The summed E-state index contributed by atoms with van der Waals surface area (Å²) in [7, 11) is 3.80. The Morgan fingerprint density at radius 2 is 2.04 bits per heavy atom. The van der Waals surface area contributed by atoms with E-state index in [4.69, 9.17) is 4.74 Å². The zero-order valence-electron chi connectivity index (χ0n) is 16.1. The molecule has 1 amide bonds. The number of piperidine rings is 1. The molecular weight excluding hydrogens is 344 g/mol. The fraction of sp³-hybridized carbons (Fsp3) is 0.450. The second kappa shape index (κ2) is 8.24. The van der Waals surface area contributed by atoms with Gasteiger partial charge in [0.2, 0.25) is 0 Å². The van der Waals surface area contributed by atoms with Crippen molar-refractivity contribution in [2.45, 2.75) is 32.4 Å². The van der Waals surface area contributed by atoms with Crippen LogP contribution in [0.5, 0.6) is 0 Å². The van der Waals surface area contributed by atoms with Crippen LogP contribution in [0.15, 0.2) is 36.4 Å². The third-order valence-corrected chi connectivity index (χ3v) is 4.98. The van der Waals surface area contributed by atoms with Gasteiger partial charge in [-0.25, -0.2) is 4.79 Å². The Bertz CT molecular complexity index is 803. The molecule has 0 N–H and O–H groups in total. The summed E-state index contributed by atoms with van der Waals surface area (Å²) in [5.41, 5.74) is 1.43. The summed E-state index contributed by atoms with van der Waals surface area (Å²) in [6, 6.07) is 11.6. The second-order valence-electron chi connectivity index (χ2n) is 6.96. The van der Waals surface area contributed by atoms with Crippen molar-refractivity contribution in [2.24, 2.45) is 7.05 Å². The first-order chi connectivity index (χ1) is 13.0. The number of Topliss-reactive ketones (excluding diaryl/α,β-unsaturated/α-hetero) is 1. The smallest absolute Gasteiger partial charge is 0.410 e. The maximum absolute atomic E-state index is 12.5. The third-order valence-electron chi connectivity index (χ3n) is 4.98. The van der Waals surface area contributed by atoms with E-state index < -0.39 is 0 Å². The molecule has 7 heteroatoms. The van der Waals surface area contributed by atoms with Crippen LogP contribution in [0.4, 0.5) is 10.6 Å². The summed E-state index contributed by atoms with van der Waals surface area (Å²) in [6.07, 6.45) is 1.60. The minimum Gasteiger partial charge on any atom is -0.445 e. The molecule has 0 radical (unpaired) electrons. The van der Waals surface area contributed by atoms with Crippen molar-refractivity contribution in [1.29, 1.82) is 0 Å². The number of hydrogen-bond donors (Lipinski definition) is 0. The van der Waals surface area contributed by atoms with Gasteiger partial charge in [0.15, 0.2) is 5.78 Å². The predicted octanol–water partition coefficient (Wildman–Crippen LogP) is 2.86. The average Bonchev–Trinajstić information content (AvgIpc) is 3.08. The standard InChI is InChI=1S/C20H26N4O3/c1-15(25)18-12-19(23(3)21-18)22(2)17-10-7-11-24(13-17)20(26)27-14-16-8-5-4-6-9-16/h4-6,8-9,12,17H,7,10-11,13-14H2,1-3H3/t17-/m0/s1. The van der Waals surface area contributed by atoms with Gasteiger partial charge in [0.05, 0.1) is 0 Å². The van der Waals surface area contributed by atoms with Gasteiger partial charge in [-0.05, 0) is 18.4 Å². The predicted molar refractivity (Wildman–Crippen MR) is 103 cm³/mol. The third kappa shape index (κ3) is 4.48. The van der Waals surface area contributed by atoms with E-state index in [0.717, 1.165) is 24.2 Å². The molecule has 0 saturated carbocycles. The zero-order valence-corrected chi connectivity index (χ0v) is 16.1. The first-order valence-electron chi connectivity index (χ1n) is 9.19. The van der Waals surface area contributed by atoms with Crippen LogP contribution in [0.1, 0.15) is 35.8 Å². The monoisotopic (exact) mass is 370 g/mol. The van der Waals surface area contributed by atoms with Gasteiger partial charge in [-0.2, -0.15) is 5.10 Å². The molecule has 0 spiro atoms. The summed E-state index contributed by atoms with van der Waals surface area (Å²) >= 11 is 0. The maximum atomic E-state index is 12.5. The first-order valence-corrected chi connectivity index (χ1v) is 9.19. The van der Waals surface area contributed by atoms with Gasteiger partial charge in [0.25, 0.3) is 0 Å². The summed E-state index contributed by atoms with van der Waals surface area (Å²) in [5, 5.41) is 4.26. The van der Waals surface area contributed by atoms with Crippen LogP contribution in [-0.2, 0) is 18.4 Å². The summed E-state index contributed by atoms with van der Waals surface area (Å²) in [4.78, 5) is 27.9.